The molecular formula is C17H25FO2. The van der Waals surface area contributed by atoms with E-state index in [2.05, 4.69) is 13.8 Å². The van der Waals surface area contributed by atoms with E-state index in [-0.39, 0.29) is 17.9 Å². The molecule has 1 aromatic rings. The van der Waals surface area contributed by atoms with Gasteiger partial charge < -0.3 is 4.74 Å². The Balaban J connectivity index is 2.50. The van der Waals surface area contributed by atoms with Crippen LogP contribution in [-0.4, -0.2) is 12.1 Å². The fourth-order valence-corrected chi connectivity index (χ4v) is 2.27. The van der Waals surface area contributed by atoms with E-state index in [4.69, 9.17) is 4.74 Å². The van der Waals surface area contributed by atoms with Crippen LogP contribution in [0.4, 0.5) is 4.39 Å². The number of ether oxygens (including phenoxy) is 1. The maximum absolute atomic E-state index is 12.8. The van der Waals surface area contributed by atoms with E-state index in [9.17, 15) is 9.18 Å². The summed E-state index contributed by atoms with van der Waals surface area (Å²) in [7, 11) is 0. The largest absolute Gasteiger partial charge is 0.459 e. The van der Waals surface area contributed by atoms with Crippen molar-refractivity contribution in [2.24, 2.45) is 5.92 Å². The van der Waals surface area contributed by atoms with Gasteiger partial charge in [-0.05, 0) is 49.4 Å². The first-order valence-corrected chi connectivity index (χ1v) is 7.57. The number of hydrogen-bond acceptors (Lipinski definition) is 2. The minimum Gasteiger partial charge on any atom is -0.459 e. The molecule has 0 spiro atoms. The summed E-state index contributed by atoms with van der Waals surface area (Å²) in [4.78, 5) is 12.0. The highest BCUT2D eigenvalue weighted by Gasteiger charge is 2.16. The van der Waals surface area contributed by atoms with Gasteiger partial charge in [-0.2, -0.15) is 0 Å². The molecular weight excluding hydrogens is 255 g/mol. The molecule has 3 heteroatoms. The predicted molar refractivity (Wildman–Crippen MR) is 79.2 cm³/mol. The van der Waals surface area contributed by atoms with Crippen LogP contribution in [0.25, 0.3) is 0 Å². The lowest BCUT2D eigenvalue weighted by molar-refractivity contribution is 0.0257. The molecule has 0 amide bonds. The lowest BCUT2D eigenvalue weighted by Crippen LogP contribution is -2.18. The summed E-state index contributed by atoms with van der Waals surface area (Å²) in [5.41, 5.74) is 0.410. The van der Waals surface area contributed by atoms with Crippen molar-refractivity contribution in [3.63, 3.8) is 0 Å². The minimum atomic E-state index is -0.360. The number of carbonyl (C=O) groups excluding carboxylic acids is 1. The van der Waals surface area contributed by atoms with Crippen molar-refractivity contribution in [2.45, 2.75) is 59.0 Å². The average Bonchev–Trinajstić information content (AvgIpc) is 2.47. The van der Waals surface area contributed by atoms with E-state index < -0.39 is 0 Å². The van der Waals surface area contributed by atoms with E-state index in [0.29, 0.717) is 11.5 Å². The van der Waals surface area contributed by atoms with Crippen molar-refractivity contribution < 1.29 is 13.9 Å². The molecule has 0 N–H and O–H groups in total. The fraction of sp³-hybridized carbons (Fsp3) is 0.588. The van der Waals surface area contributed by atoms with Gasteiger partial charge in [0.15, 0.2) is 0 Å². The molecule has 20 heavy (non-hydrogen) atoms. The Labute approximate surface area is 121 Å². The molecule has 0 fully saturated rings. The van der Waals surface area contributed by atoms with E-state index >= 15 is 0 Å². The van der Waals surface area contributed by atoms with Crippen LogP contribution >= 0.6 is 0 Å². The Hall–Kier alpha value is -1.38. The zero-order valence-corrected chi connectivity index (χ0v) is 12.7. The molecule has 0 aliphatic rings. The molecule has 0 aromatic heterocycles. The highest BCUT2D eigenvalue weighted by molar-refractivity contribution is 5.89. The van der Waals surface area contributed by atoms with Gasteiger partial charge in [0.2, 0.25) is 0 Å². The predicted octanol–water partition coefficient (Wildman–Crippen LogP) is 4.98. The number of hydrogen-bond donors (Lipinski definition) is 0. The molecule has 112 valence electrons. The van der Waals surface area contributed by atoms with Crippen molar-refractivity contribution in [3.8, 4) is 0 Å². The number of halogens is 1. The van der Waals surface area contributed by atoms with Gasteiger partial charge in [0.1, 0.15) is 11.9 Å². The summed E-state index contributed by atoms with van der Waals surface area (Å²) >= 11 is 0. The quantitative estimate of drug-likeness (QED) is 0.628. The number of esters is 1. The Morgan fingerprint density at radius 3 is 2.15 bits per heavy atom. The molecule has 1 atom stereocenters. The first-order valence-electron chi connectivity index (χ1n) is 7.57. The molecule has 1 unspecified atom stereocenters. The van der Waals surface area contributed by atoms with Crippen LogP contribution in [0.15, 0.2) is 24.3 Å². The second kappa shape index (κ2) is 8.72. The maximum atomic E-state index is 12.8. The monoisotopic (exact) mass is 280 g/mol. The molecule has 0 radical (unpaired) electrons. The summed E-state index contributed by atoms with van der Waals surface area (Å²) in [6.07, 6.45) is 5.08. The summed E-state index contributed by atoms with van der Waals surface area (Å²) in [6.45, 7) is 6.41. The minimum absolute atomic E-state index is 0.0480. The molecule has 1 rings (SSSR count). The summed E-state index contributed by atoms with van der Waals surface area (Å²) < 4.78 is 18.3. The van der Waals surface area contributed by atoms with Gasteiger partial charge >= 0.3 is 5.97 Å². The highest BCUT2D eigenvalue weighted by atomic mass is 19.1. The molecule has 2 nitrogen and oxygen atoms in total. The van der Waals surface area contributed by atoms with Crippen LogP contribution in [-0.2, 0) is 4.74 Å². The van der Waals surface area contributed by atoms with Crippen molar-refractivity contribution in [3.05, 3.63) is 35.6 Å². The molecule has 0 bridgehead atoms. The second-order valence-electron chi connectivity index (χ2n) is 5.20. The number of rotatable bonds is 8. The Kier molecular flexibility index (Phi) is 7.27. The standard InChI is InChI=1S/C17H25FO2/c1-4-13(5-2)7-12-16(6-3)20-17(19)14-8-10-15(18)11-9-14/h8-11,13,16H,4-7,12H2,1-3H3. The molecule has 1 aromatic carbocycles. The lowest BCUT2D eigenvalue weighted by atomic mass is 9.95. The van der Waals surface area contributed by atoms with Gasteiger partial charge in [0, 0.05) is 0 Å². The molecule has 0 aliphatic carbocycles. The van der Waals surface area contributed by atoms with Crippen LogP contribution in [0.2, 0.25) is 0 Å². The highest BCUT2D eigenvalue weighted by Crippen LogP contribution is 2.19. The first-order chi connectivity index (χ1) is 9.60. The summed E-state index contributed by atoms with van der Waals surface area (Å²) in [5, 5.41) is 0. The molecule has 0 aliphatic heterocycles. The lowest BCUT2D eigenvalue weighted by Gasteiger charge is -2.19. The topological polar surface area (TPSA) is 26.3 Å². The van der Waals surface area contributed by atoms with Crippen molar-refractivity contribution >= 4 is 5.97 Å². The smallest absolute Gasteiger partial charge is 0.338 e. The third-order valence-corrected chi connectivity index (χ3v) is 3.86. The van der Waals surface area contributed by atoms with Gasteiger partial charge in [-0.15, -0.1) is 0 Å². The fourth-order valence-electron chi connectivity index (χ4n) is 2.27. The second-order valence-corrected chi connectivity index (χ2v) is 5.20. The number of benzene rings is 1. The van der Waals surface area contributed by atoms with Crippen molar-refractivity contribution in [2.75, 3.05) is 0 Å². The first kappa shape index (κ1) is 16.7. The zero-order valence-electron chi connectivity index (χ0n) is 12.7. The van der Waals surface area contributed by atoms with Crippen LogP contribution in [0.3, 0.4) is 0 Å². The van der Waals surface area contributed by atoms with Crippen molar-refractivity contribution in [1.29, 1.82) is 0 Å². The van der Waals surface area contributed by atoms with Gasteiger partial charge in [-0.3, -0.25) is 0 Å². The van der Waals surface area contributed by atoms with E-state index in [1.54, 1.807) is 0 Å². The van der Waals surface area contributed by atoms with E-state index in [0.717, 1.165) is 19.3 Å². The van der Waals surface area contributed by atoms with Gasteiger partial charge in [-0.25, -0.2) is 9.18 Å². The van der Waals surface area contributed by atoms with Gasteiger partial charge in [0.05, 0.1) is 5.56 Å². The third kappa shape index (κ3) is 5.32. The molecule has 0 saturated heterocycles. The molecule has 0 heterocycles. The van der Waals surface area contributed by atoms with E-state index in [1.165, 1.54) is 37.1 Å². The summed E-state index contributed by atoms with van der Waals surface area (Å²) in [6, 6.07) is 5.49. The van der Waals surface area contributed by atoms with Crippen LogP contribution in [0, 0.1) is 11.7 Å². The molecule has 0 saturated carbocycles. The Morgan fingerprint density at radius 2 is 1.65 bits per heavy atom. The van der Waals surface area contributed by atoms with E-state index in [1.807, 2.05) is 6.92 Å². The van der Waals surface area contributed by atoms with Crippen molar-refractivity contribution in [1.82, 2.24) is 0 Å². The average molecular weight is 280 g/mol. The summed E-state index contributed by atoms with van der Waals surface area (Å²) in [5.74, 6) is -0.00250. The van der Waals surface area contributed by atoms with Gasteiger partial charge in [-0.1, -0.05) is 33.6 Å². The van der Waals surface area contributed by atoms with Crippen LogP contribution in [0.5, 0.6) is 0 Å². The normalized spacial score (nSPS) is 12.4. The number of carbonyl (C=O) groups is 1. The Morgan fingerprint density at radius 1 is 1.05 bits per heavy atom. The SMILES string of the molecule is CCC(CC)CCC(CC)OC(=O)c1ccc(F)cc1. The maximum Gasteiger partial charge on any atom is 0.338 e. The van der Waals surface area contributed by atoms with Crippen LogP contribution < -0.4 is 0 Å². The Bertz CT molecular complexity index is 396. The van der Waals surface area contributed by atoms with Crippen LogP contribution in [0.1, 0.15) is 63.2 Å². The third-order valence-electron chi connectivity index (χ3n) is 3.86. The van der Waals surface area contributed by atoms with Gasteiger partial charge in [0.25, 0.3) is 0 Å². The zero-order chi connectivity index (χ0) is 15.0.